The highest BCUT2D eigenvalue weighted by molar-refractivity contribution is 5.33. The van der Waals surface area contributed by atoms with Gasteiger partial charge in [0.2, 0.25) is 0 Å². The SMILES string of the molecule is N#CCOc1ccc(F)cc1CN. The molecule has 1 aromatic carbocycles. The second kappa shape index (κ2) is 4.43. The third-order valence-electron chi connectivity index (χ3n) is 1.53. The van der Waals surface area contributed by atoms with Crippen LogP contribution in [0.4, 0.5) is 4.39 Å². The van der Waals surface area contributed by atoms with Crippen LogP contribution in [0.25, 0.3) is 0 Å². The number of hydrogen-bond donors (Lipinski definition) is 1. The molecule has 1 aromatic rings. The van der Waals surface area contributed by atoms with Crippen LogP contribution in [0.5, 0.6) is 5.75 Å². The van der Waals surface area contributed by atoms with Gasteiger partial charge in [-0.2, -0.15) is 5.26 Å². The molecule has 0 saturated heterocycles. The molecule has 68 valence electrons. The monoisotopic (exact) mass is 180 g/mol. The standard InChI is InChI=1S/C9H9FN2O/c10-8-1-2-9(13-4-3-11)7(5-8)6-12/h1-2,5H,4,6,12H2. The maximum absolute atomic E-state index is 12.7. The van der Waals surface area contributed by atoms with Crippen LogP contribution in [0.15, 0.2) is 18.2 Å². The van der Waals surface area contributed by atoms with Crippen LogP contribution in [0.3, 0.4) is 0 Å². The maximum atomic E-state index is 12.7. The molecule has 0 aromatic heterocycles. The molecule has 2 N–H and O–H groups in total. The number of hydrogen-bond acceptors (Lipinski definition) is 3. The molecule has 0 spiro atoms. The largest absolute Gasteiger partial charge is 0.478 e. The number of halogens is 1. The van der Waals surface area contributed by atoms with Gasteiger partial charge in [0.15, 0.2) is 6.61 Å². The lowest BCUT2D eigenvalue weighted by atomic mass is 10.2. The molecule has 0 aliphatic rings. The van der Waals surface area contributed by atoms with Gasteiger partial charge in [-0.3, -0.25) is 0 Å². The Labute approximate surface area is 75.5 Å². The fourth-order valence-electron chi connectivity index (χ4n) is 0.958. The molecule has 0 fully saturated rings. The molecule has 0 aliphatic carbocycles. The predicted molar refractivity (Wildman–Crippen MR) is 45.4 cm³/mol. The fourth-order valence-corrected chi connectivity index (χ4v) is 0.958. The van der Waals surface area contributed by atoms with Gasteiger partial charge in [-0.05, 0) is 18.2 Å². The van der Waals surface area contributed by atoms with Crippen LogP contribution < -0.4 is 10.5 Å². The van der Waals surface area contributed by atoms with Crippen LogP contribution in [-0.4, -0.2) is 6.61 Å². The zero-order valence-corrected chi connectivity index (χ0v) is 6.96. The van der Waals surface area contributed by atoms with E-state index in [4.69, 9.17) is 15.7 Å². The fraction of sp³-hybridized carbons (Fsp3) is 0.222. The lowest BCUT2D eigenvalue weighted by molar-refractivity contribution is 0.363. The second-order valence-corrected chi connectivity index (χ2v) is 2.40. The van der Waals surface area contributed by atoms with Crippen molar-refractivity contribution in [2.45, 2.75) is 6.54 Å². The van der Waals surface area contributed by atoms with Gasteiger partial charge in [0, 0.05) is 12.1 Å². The minimum absolute atomic E-state index is 0.0569. The second-order valence-electron chi connectivity index (χ2n) is 2.40. The third kappa shape index (κ3) is 2.42. The minimum atomic E-state index is -0.357. The number of nitrogens with two attached hydrogens (primary N) is 1. The van der Waals surface area contributed by atoms with E-state index < -0.39 is 0 Å². The molecule has 0 saturated carbocycles. The molecule has 0 radical (unpaired) electrons. The lowest BCUT2D eigenvalue weighted by Crippen LogP contribution is -2.03. The van der Waals surface area contributed by atoms with Crippen LogP contribution in [0, 0.1) is 17.1 Å². The zero-order valence-electron chi connectivity index (χ0n) is 6.96. The van der Waals surface area contributed by atoms with E-state index >= 15 is 0 Å². The Bertz CT molecular complexity index is 333. The quantitative estimate of drug-likeness (QED) is 0.759. The highest BCUT2D eigenvalue weighted by Crippen LogP contribution is 2.18. The summed E-state index contributed by atoms with van der Waals surface area (Å²) in [5.74, 6) is 0.107. The molecule has 0 atom stereocenters. The van der Waals surface area contributed by atoms with Crippen molar-refractivity contribution in [1.29, 1.82) is 5.26 Å². The average molecular weight is 180 g/mol. The normalized spacial score (nSPS) is 9.31. The number of benzene rings is 1. The van der Waals surface area contributed by atoms with Crippen molar-refractivity contribution in [2.24, 2.45) is 5.73 Å². The van der Waals surface area contributed by atoms with Crippen molar-refractivity contribution < 1.29 is 9.13 Å². The predicted octanol–water partition coefficient (Wildman–Crippen LogP) is 1.19. The van der Waals surface area contributed by atoms with Crippen molar-refractivity contribution in [3.63, 3.8) is 0 Å². The van der Waals surface area contributed by atoms with Gasteiger partial charge in [-0.1, -0.05) is 0 Å². The summed E-state index contributed by atoms with van der Waals surface area (Å²) >= 11 is 0. The Kier molecular flexibility index (Phi) is 3.23. The van der Waals surface area contributed by atoms with Crippen molar-refractivity contribution in [3.8, 4) is 11.8 Å². The summed E-state index contributed by atoms with van der Waals surface area (Å²) in [7, 11) is 0. The van der Waals surface area contributed by atoms with Gasteiger partial charge in [-0.15, -0.1) is 0 Å². The number of rotatable bonds is 3. The first-order valence-corrected chi connectivity index (χ1v) is 3.76. The molecule has 1 rings (SSSR count). The van der Waals surface area contributed by atoms with Gasteiger partial charge in [0.25, 0.3) is 0 Å². The first-order chi connectivity index (χ1) is 6.27. The number of ether oxygens (including phenoxy) is 1. The first kappa shape index (κ1) is 9.49. The van der Waals surface area contributed by atoms with Crippen molar-refractivity contribution in [1.82, 2.24) is 0 Å². The van der Waals surface area contributed by atoms with E-state index in [0.29, 0.717) is 11.3 Å². The Hall–Kier alpha value is -1.60. The van der Waals surface area contributed by atoms with E-state index in [1.165, 1.54) is 18.2 Å². The summed E-state index contributed by atoms with van der Waals surface area (Å²) in [6.07, 6.45) is 0. The van der Waals surface area contributed by atoms with Crippen LogP contribution in [0.2, 0.25) is 0 Å². The summed E-state index contributed by atoms with van der Waals surface area (Å²) < 4.78 is 17.7. The molecule has 3 nitrogen and oxygen atoms in total. The Morgan fingerprint density at radius 3 is 2.92 bits per heavy atom. The first-order valence-electron chi connectivity index (χ1n) is 3.76. The zero-order chi connectivity index (χ0) is 9.68. The minimum Gasteiger partial charge on any atom is -0.478 e. The molecule has 0 aliphatic heterocycles. The van der Waals surface area contributed by atoms with Crippen molar-refractivity contribution in [2.75, 3.05) is 6.61 Å². The van der Waals surface area contributed by atoms with E-state index in [1.54, 1.807) is 0 Å². The molecule has 0 bridgehead atoms. The Morgan fingerprint density at radius 2 is 2.31 bits per heavy atom. The van der Waals surface area contributed by atoms with E-state index in [2.05, 4.69) is 0 Å². The van der Waals surface area contributed by atoms with Gasteiger partial charge in [0.1, 0.15) is 17.6 Å². The summed E-state index contributed by atoms with van der Waals surface area (Å²) in [6, 6.07) is 5.86. The Balaban J connectivity index is 2.87. The summed E-state index contributed by atoms with van der Waals surface area (Å²) in [6.45, 7) is 0.136. The van der Waals surface area contributed by atoms with Gasteiger partial charge >= 0.3 is 0 Å². The summed E-state index contributed by atoms with van der Waals surface area (Å²) in [4.78, 5) is 0. The maximum Gasteiger partial charge on any atom is 0.174 e. The third-order valence-corrected chi connectivity index (χ3v) is 1.53. The smallest absolute Gasteiger partial charge is 0.174 e. The summed E-state index contributed by atoms with van der Waals surface area (Å²) in [5, 5.41) is 8.27. The molecule has 0 unspecified atom stereocenters. The van der Waals surface area contributed by atoms with Crippen molar-refractivity contribution in [3.05, 3.63) is 29.6 Å². The topological polar surface area (TPSA) is 59.0 Å². The highest BCUT2D eigenvalue weighted by atomic mass is 19.1. The Morgan fingerprint density at radius 1 is 1.54 bits per heavy atom. The van der Waals surface area contributed by atoms with Crippen molar-refractivity contribution >= 4 is 0 Å². The van der Waals surface area contributed by atoms with Crippen LogP contribution in [0.1, 0.15) is 5.56 Å². The number of nitriles is 1. The molecular weight excluding hydrogens is 171 g/mol. The molecule has 4 heteroatoms. The van der Waals surface area contributed by atoms with E-state index in [-0.39, 0.29) is 19.0 Å². The van der Waals surface area contributed by atoms with Crippen LogP contribution >= 0.6 is 0 Å². The van der Waals surface area contributed by atoms with E-state index in [9.17, 15) is 4.39 Å². The lowest BCUT2D eigenvalue weighted by Gasteiger charge is -2.06. The molecular formula is C9H9FN2O. The van der Waals surface area contributed by atoms with Gasteiger partial charge in [-0.25, -0.2) is 4.39 Å². The van der Waals surface area contributed by atoms with Gasteiger partial charge < -0.3 is 10.5 Å². The number of nitrogens with zero attached hydrogens (tertiary/aromatic N) is 1. The van der Waals surface area contributed by atoms with Crippen LogP contribution in [-0.2, 0) is 6.54 Å². The average Bonchev–Trinajstić information content (AvgIpc) is 2.16. The van der Waals surface area contributed by atoms with Gasteiger partial charge in [0.05, 0.1) is 0 Å². The highest BCUT2D eigenvalue weighted by Gasteiger charge is 2.02. The van der Waals surface area contributed by atoms with E-state index in [1.807, 2.05) is 6.07 Å². The molecule has 0 heterocycles. The van der Waals surface area contributed by atoms with E-state index in [0.717, 1.165) is 0 Å². The molecule has 0 amide bonds. The summed E-state index contributed by atoms with van der Waals surface area (Å²) in [5.41, 5.74) is 5.93. The molecule has 13 heavy (non-hydrogen) atoms.